The maximum absolute atomic E-state index is 12.8. The van der Waals surface area contributed by atoms with E-state index in [0.29, 0.717) is 15.8 Å². The van der Waals surface area contributed by atoms with E-state index >= 15 is 0 Å². The smallest absolute Gasteiger partial charge is 0.291 e. The van der Waals surface area contributed by atoms with Crippen LogP contribution < -0.4 is 10.6 Å². The Bertz CT molecular complexity index is 971. The van der Waals surface area contributed by atoms with Crippen LogP contribution >= 0.6 is 11.3 Å². The summed E-state index contributed by atoms with van der Waals surface area (Å²) < 4.78 is 5.11. The molecule has 1 aliphatic carbocycles. The lowest BCUT2D eigenvalue weighted by Gasteiger charge is -2.29. The zero-order valence-electron chi connectivity index (χ0n) is 16.3. The van der Waals surface area contributed by atoms with Gasteiger partial charge in [-0.15, -0.1) is 11.3 Å². The number of furan rings is 1. The molecule has 0 bridgehead atoms. The van der Waals surface area contributed by atoms with E-state index < -0.39 is 0 Å². The Morgan fingerprint density at radius 1 is 1.00 bits per heavy atom. The minimum absolute atomic E-state index is 0.0610. The van der Waals surface area contributed by atoms with Crippen LogP contribution in [0.3, 0.4) is 0 Å². The fourth-order valence-corrected chi connectivity index (χ4v) is 4.87. The van der Waals surface area contributed by atoms with Crippen LogP contribution in [0.15, 0.2) is 59.2 Å². The Kier molecular flexibility index (Phi) is 5.81. The highest BCUT2D eigenvalue weighted by atomic mass is 32.1. The predicted molar refractivity (Wildman–Crippen MR) is 115 cm³/mol. The molecule has 5 nitrogen and oxygen atoms in total. The van der Waals surface area contributed by atoms with Gasteiger partial charge in [0, 0.05) is 6.04 Å². The summed E-state index contributed by atoms with van der Waals surface area (Å²) in [4.78, 5) is 25.6. The molecule has 3 aromatic rings. The lowest BCUT2D eigenvalue weighted by Crippen LogP contribution is -2.37. The molecule has 29 heavy (non-hydrogen) atoms. The van der Waals surface area contributed by atoms with Gasteiger partial charge in [-0.1, -0.05) is 30.3 Å². The first-order valence-corrected chi connectivity index (χ1v) is 10.7. The van der Waals surface area contributed by atoms with Crippen LogP contribution in [0.2, 0.25) is 0 Å². The average molecular weight is 409 g/mol. The second-order valence-corrected chi connectivity index (χ2v) is 8.54. The van der Waals surface area contributed by atoms with Crippen LogP contribution in [0.25, 0.3) is 0 Å². The van der Waals surface area contributed by atoms with Gasteiger partial charge in [0.25, 0.3) is 11.8 Å². The molecule has 4 rings (SSSR count). The molecule has 1 saturated carbocycles. The second kappa shape index (κ2) is 8.66. The molecule has 2 N–H and O–H groups in total. The van der Waals surface area contributed by atoms with Gasteiger partial charge in [0.05, 0.1) is 16.1 Å². The average Bonchev–Trinajstić information content (AvgIpc) is 3.39. The van der Waals surface area contributed by atoms with E-state index in [1.807, 2.05) is 19.1 Å². The first-order valence-electron chi connectivity index (χ1n) is 9.91. The van der Waals surface area contributed by atoms with Crippen molar-refractivity contribution >= 4 is 28.2 Å². The number of hydrogen-bond donors (Lipinski definition) is 2. The van der Waals surface area contributed by atoms with Gasteiger partial charge in [-0.3, -0.25) is 9.59 Å². The molecule has 1 fully saturated rings. The summed E-state index contributed by atoms with van der Waals surface area (Å²) in [5, 5.41) is 6.62. The molecule has 0 spiro atoms. The Balaban J connectivity index is 1.33. The van der Waals surface area contributed by atoms with E-state index in [9.17, 15) is 9.59 Å². The number of nitrogens with one attached hydrogen (secondary N) is 2. The third-order valence-corrected chi connectivity index (χ3v) is 6.59. The highest BCUT2D eigenvalue weighted by molar-refractivity contribution is 7.18. The van der Waals surface area contributed by atoms with Crippen molar-refractivity contribution in [3.8, 4) is 0 Å². The molecule has 1 aromatic carbocycles. The molecule has 150 valence electrons. The quantitative estimate of drug-likeness (QED) is 0.597. The van der Waals surface area contributed by atoms with Gasteiger partial charge >= 0.3 is 0 Å². The number of anilines is 1. The van der Waals surface area contributed by atoms with Crippen molar-refractivity contribution in [3.63, 3.8) is 0 Å². The number of hydrogen-bond acceptors (Lipinski definition) is 4. The Morgan fingerprint density at radius 2 is 1.76 bits per heavy atom. The normalized spacial score (nSPS) is 18.9. The van der Waals surface area contributed by atoms with Gasteiger partial charge in [-0.25, -0.2) is 0 Å². The van der Waals surface area contributed by atoms with E-state index in [0.717, 1.165) is 31.2 Å². The Labute approximate surface area is 174 Å². The monoisotopic (exact) mass is 408 g/mol. The number of rotatable bonds is 5. The molecule has 2 heterocycles. The van der Waals surface area contributed by atoms with Crippen LogP contribution in [0.1, 0.15) is 63.0 Å². The summed E-state index contributed by atoms with van der Waals surface area (Å²) in [7, 11) is 0. The van der Waals surface area contributed by atoms with Crippen molar-refractivity contribution in [2.24, 2.45) is 0 Å². The van der Waals surface area contributed by atoms with Crippen molar-refractivity contribution in [2.45, 2.75) is 44.6 Å². The van der Waals surface area contributed by atoms with Gasteiger partial charge in [0.2, 0.25) is 0 Å². The van der Waals surface area contributed by atoms with E-state index in [2.05, 4.69) is 34.9 Å². The van der Waals surface area contributed by atoms with Crippen molar-refractivity contribution in [1.29, 1.82) is 0 Å². The molecular weight excluding hydrogens is 384 g/mol. The third-order valence-electron chi connectivity index (χ3n) is 5.44. The number of carbonyl (C=O) groups is 2. The molecule has 2 aromatic heterocycles. The first-order chi connectivity index (χ1) is 14.1. The lowest BCUT2D eigenvalue weighted by molar-refractivity contribution is 0.0928. The highest BCUT2D eigenvalue weighted by Crippen LogP contribution is 2.33. The molecule has 0 atom stereocenters. The zero-order valence-corrected chi connectivity index (χ0v) is 17.1. The SMILES string of the molecule is Cc1cc(NC(=O)c2ccco2)sc1C(=O)NC1CCC(c2ccccc2)CC1. The minimum atomic E-state index is -0.317. The van der Waals surface area contributed by atoms with Gasteiger partial charge in [-0.2, -0.15) is 0 Å². The second-order valence-electron chi connectivity index (χ2n) is 7.49. The predicted octanol–water partition coefficient (Wildman–Crippen LogP) is 5.36. The topological polar surface area (TPSA) is 71.3 Å². The number of amides is 2. The molecule has 0 saturated heterocycles. The van der Waals surface area contributed by atoms with Crippen molar-refractivity contribution in [1.82, 2.24) is 5.32 Å². The van der Waals surface area contributed by atoms with E-state index in [-0.39, 0.29) is 23.6 Å². The van der Waals surface area contributed by atoms with Crippen LogP contribution in [0.4, 0.5) is 5.00 Å². The van der Waals surface area contributed by atoms with Gasteiger partial charge in [0.1, 0.15) is 0 Å². The van der Waals surface area contributed by atoms with E-state index in [1.165, 1.54) is 23.2 Å². The van der Waals surface area contributed by atoms with Gasteiger partial charge in [0.15, 0.2) is 5.76 Å². The minimum Gasteiger partial charge on any atom is -0.459 e. The summed E-state index contributed by atoms with van der Waals surface area (Å²) in [6, 6.07) is 15.9. The van der Waals surface area contributed by atoms with Crippen molar-refractivity contribution in [3.05, 3.63) is 76.6 Å². The van der Waals surface area contributed by atoms with Gasteiger partial charge < -0.3 is 15.1 Å². The Hall–Kier alpha value is -2.86. The largest absolute Gasteiger partial charge is 0.459 e. The zero-order chi connectivity index (χ0) is 20.2. The van der Waals surface area contributed by atoms with Crippen molar-refractivity contribution in [2.75, 3.05) is 5.32 Å². The van der Waals surface area contributed by atoms with Crippen LogP contribution in [-0.4, -0.2) is 17.9 Å². The summed E-state index contributed by atoms with van der Waals surface area (Å²) in [5.41, 5.74) is 2.25. The number of carbonyl (C=O) groups excluding carboxylic acids is 2. The molecule has 6 heteroatoms. The van der Waals surface area contributed by atoms with E-state index in [1.54, 1.807) is 12.1 Å². The summed E-state index contributed by atoms with van der Waals surface area (Å²) >= 11 is 1.29. The standard InChI is InChI=1S/C23H24N2O3S/c1-15-14-20(25-22(26)19-8-5-13-28-19)29-21(15)23(27)24-18-11-9-17(10-12-18)16-6-3-2-4-7-16/h2-8,13-14,17-18H,9-12H2,1H3,(H,24,27)(H,25,26). The lowest BCUT2D eigenvalue weighted by atomic mass is 9.82. The molecular formula is C23H24N2O3S. The Morgan fingerprint density at radius 3 is 2.45 bits per heavy atom. The molecule has 0 aliphatic heterocycles. The van der Waals surface area contributed by atoms with Crippen LogP contribution in [0, 0.1) is 6.92 Å². The number of benzene rings is 1. The fraction of sp³-hybridized carbons (Fsp3) is 0.304. The first kappa shape index (κ1) is 19.5. The fourth-order valence-electron chi connectivity index (χ4n) is 3.90. The molecule has 0 unspecified atom stereocenters. The summed E-state index contributed by atoms with van der Waals surface area (Å²) in [5.74, 6) is 0.449. The molecule has 1 aliphatic rings. The van der Waals surface area contributed by atoms with Crippen molar-refractivity contribution < 1.29 is 14.0 Å². The summed E-state index contributed by atoms with van der Waals surface area (Å²) in [6.07, 6.45) is 5.60. The van der Waals surface area contributed by atoms with Gasteiger partial charge in [-0.05, 0) is 67.9 Å². The number of thiophene rings is 1. The molecule has 2 amide bonds. The summed E-state index contributed by atoms with van der Waals surface area (Å²) in [6.45, 7) is 1.89. The highest BCUT2D eigenvalue weighted by Gasteiger charge is 2.25. The molecule has 0 radical (unpaired) electrons. The maximum atomic E-state index is 12.8. The maximum Gasteiger partial charge on any atom is 0.291 e. The van der Waals surface area contributed by atoms with Crippen LogP contribution in [0.5, 0.6) is 0 Å². The van der Waals surface area contributed by atoms with E-state index in [4.69, 9.17) is 4.42 Å². The third kappa shape index (κ3) is 4.59. The number of aryl methyl sites for hydroxylation is 1. The van der Waals surface area contributed by atoms with Crippen LogP contribution in [-0.2, 0) is 0 Å².